The number of methoxy groups -OCH3 is 2. The van der Waals surface area contributed by atoms with Crippen molar-refractivity contribution in [1.82, 2.24) is 0 Å². The molecule has 0 aliphatic heterocycles. The number of nitrogens with two attached hydrogens (primary N) is 1. The molecule has 0 aromatic heterocycles. The molecule has 0 amide bonds. The predicted molar refractivity (Wildman–Crippen MR) is 81.3 cm³/mol. The van der Waals surface area contributed by atoms with Crippen molar-refractivity contribution < 1.29 is 17.9 Å². The van der Waals surface area contributed by atoms with Crippen LogP contribution < -0.4 is 15.2 Å². The maximum absolute atomic E-state index is 12.5. The van der Waals surface area contributed by atoms with E-state index in [-0.39, 0.29) is 16.4 Å². The van der Waals surface area contributed by atoms with E-state index in [9.17, 15) is 8.42 Å². The Bertz CT molecular complexity index is 724. The van der Waals surface area contributed by atoms with Crippen LogP contribution in [0, 0.1) is 0 Å². The smallest absolute Gasteiger partial charge is 0.186 e. The molecule has 0 radical (unpaired) electrons. The summed E-state index contributed by atoms with van der Waals surface area (Å²) in [7, 11) is -0.535. The molecule has 21 heavy (non-hydrogen) atoms. The number of sulfone groups is 1. The molecule has 2 aromatic rings. The van der Waals surface area contributed by atoms with Gasteiger partial charge in [-0.15, -0.1) is 0 Å². The van der Waals surface area contributed by atoms with E-state index in [1.807, 2.05) is 0 Å². The van der Waals surface area contributed by atoms with Gasteiger partial charge in [-0.2, -0.15) is 0 Å². The average Bonchev–Trinajstić information content (AvgIpc) is 2.47. The van der Waals surface area contributed by atoms with Crippen LogP contribution in [0.1, 0.15) is 5.56 Å². The molecule has 0 aliphatic carbocycles. The number of ether oxygens (including phenoxy) is 2. The van der Waals surface area contributed by atoms with Crippen LogP contribution in [0.4, 0.5) is 5.69 Å². The first-order valence-electron chi connectivity index (χ1n) is 6.25. The second-order valence-electron chi connectivity index (χ2n) is 4.52. The lowest BCUT2D eigenvalue weighted by molar-refractivity contribution is 0.403. The fraction of sp³-hybridized carbons (Fsp3) is 0.200. The van der Waals surface area contributed by atoms with Crippen molar-refractivity contribution in [1.29, 1.82) is 0 Å². The Morgan fingerprint density at radius 3 is 2.24 bits per heavy atom. The highest BCUT2D eigenvalue weighted by Crippen LogP contribution is 2.29. The Labute approximate surface area is 124 Å². The third-order valence-electron chi connectivity index (χ3n) is 3.04. The van der Waals surface area contributed by atoms with E-state index >= 15 is 0 Å². The van der Waals surface area contributed by atoms with Crippen molar-refractivity contribution in [3.8, 4) is 11.5 Å². The summed E-state index contributed by atoms with van der Waals surface area (Å²) in [5, 5.41) is 0. The Morgan fingerprint density at radius 2 is 1.67 bits per heavy atom. The van der Waals surface area contributed by atoms with Crippen molar-refractivity contribution in [2.24, 2.45) is 0 Å². The summed E-state index contributed by atoms with van der Waals surface area (Å²) in [6.07, 6.45) is 0. The second-order valence-corrected chi connectivity index (χ2v) is 6.48. The van der Waals surface area contributed by atoms with E-state index in [4.69, 9.17) is 15.2 Å². The molecule has 0 saturated heterocycles. The van der Waals surface area contributed by atoms with Gasteiger partial charge in [-0.1, -0.05) is 12.1 Å². The lowest BCUT2D eigenvalue weighted by Crippen LogP contribution is -2.07. The van der Waals surface area contributed by atoms with Crippen LogP contribution in [0.5, 0.6) is 11.5 Å². The molecule has 112 valence electrons. The SMILES string of the molecule is COc1ccc(CS(=O)(=O)c2ccc(N)cc2OC)cc1. The molecule has 0 unspecified atom stereocenters. The number of anilines is 1. The van der Waals surface area contributed by atoms with E-state index < -0.39 is 9.84 Å². The highest BCUT2D eigenvalue weighted by atomic mass is 32.2. The highest BCUT2D eigenvalue weighted by molar-refractivity contribution is 7.90. The zero-order valence-corrected chi connectivity index (χ0v) is 12.7. The van der Waals surface area contributed by atoms with Gasteiger partial charge in [0.1, 0.15) is 16.4 Å². The monoisotopic (exact) mass is 307 g/mol. The molecule has 0 bridgehead atoms. The predicted octanol–water partition coefficient (Wildman–Crippen LogP) is 2.26. The van der Waals surface area contributed by atoms with E-state index in [0.29, 0.717) is 17.0 Å². The molecule has 2 N–H and O–H groups in total. The molecular weight excluding hydrogens is 290 g/mol. The molecule has 5 nitrogen and oxygen atoms in total. The second kappa shape index (κ2) is 6.05. The van der Waals surface area contributed by atoms with Crippen LogP contribution in [0.15, 0.2) is 47.4 Å². The van der Waals surface area contributed by atoms with Gasteiger partial charge >= 0.3 is 0 Å². The van der Waals surface area contributed by atoms with Crippen LogP contribution in [-0.2, 0) is 15.6 Å². The lowest BCUT2D eigenvalue weighted by Gasteiger charge is -2.10. The topological polar surface area (TPSA) is 78.6 Å². The van der Waals surface area contributed by atoms with Gasteiger partial charge in [-0.3, -0.25) is 0 Å². The molecular formula is C15H17NO4S. The van der Waals surface area contributed by atoms with Crippen LogP contribution >= 0.6 is 0 Å². The first-order chi connectivity index (χ1) is 9.96. The van der Waals surface area contributed by atoms with Gasteiger partial charge in [0.25, 0.3) is 0 Å². The Hall–Kier alpha value is -2.21. The van der Waals surface area contributed by atoms with Crippen LogP contribution in [0.25, 0.3) is 0 Å². The zero-order chi connectivity index (χ0) is 15.5. The fourth-order valence-electron chi connectivity index (χ4n) is 1.96. The molecule has 0 heterocycles. The molecule has 2 aromatic carbocycles. The maximum Gasteiger partial charge on any atom is 0.186 e. The Morgan fingerprint density at radius 1 is 1.00 bits per heavy atom. The van der Waals surface area contributed by atoms with Gasteiger partial charge in [0.15, 0.2) is 9.84 Å². The maximum atomic E-state index is 12.5. The quantitative estimate of drug-likeness (QED) is 0.857. The number of hydrogen-bond acceptors (Lipinski definition) is 5. The van der Waals surface area contributed by atoms with E-state index in [0.717, 1.165) is 0 Å². The third-order valence-corrected chi connectivity index (χ3v) is 4.76. The summed E-state index contributed by atoms with van der Waals surface area (Å²) in [5.74, 6) is 0.821. The summed E-state index contributed by atoms with van der Waals surface area (Å²) >= 11 is 0. The summed E-state index contributed by atoms with van der Waals surface area (Å²) in [4.78, 5) is 0.134. The first kappa shape index (κ1) is 15.2. The molecule has 2 rings (SSSR count). The molecule has 0 spiro atoms. The fourth-order valence-corrected chi connectivity index (χ4v) is 3.47. The number of hydrogen-bond donors (Lipinski definition) is 1. The largest absolute Gasteiger partial charge is 0.497 e. The van der Waals surface area contributed by atoms with Crippen molar-refractivity contribution in [2.45, 2.75) is 10.6 Å². The standard InChI is InChI=1S/C15H17NO4S/c1-19-13-6-3-11(4-7-13)10-21(17,18)15-8-5-12(16)9-14(15)20-2/h3-9H,10,16H2,1-2H3. The van der Waals surface area contributed by atoms with Gasteiger partial charge < -0.3 is 15.2 Å². The number of rotatable bonds is 5. The normalized spacial score (nSPS) is 11.1. The minimum atomic E-state index is -3.51. The lowest BCUT2D eigenvalue weighted by atomic mass is 10.2. The van der Waals surface area contributed by atoms with E-state index in [1.54, 1.807) is 37.4 Å². The van der Waals surface area contributed by atoms with E-state index in [2.05, 4.69) is 0 Å². The van der Waals surface area contributed by atoms with Crippen molar-refractivity contribution in [2.75, 3.05) is 20.0 Å². The van der Waals surface area contributed by atoms with Gasteiger partial charge in [0, 0.05) is 11.8 Å². The van der Waals surface area contributed by atoms with Crippen molar-refractivity contribution >= 4 is 15.5 Å². The molecule has 6 heteroatoms. The van der Waals surface area contributed by atoms with Crippen LogP contribution in [0.3, 0.4) is 0 Å². The van der Waals surface area contributed by atoms with Gasteiger partial charge in [-0.25, -0.2) is 8.42 Å². The molecule has 0 atom stereocenters. The van der Waals surface area contributed by atoms with Crippen molar-refractivity contribution in [3.63, 3.8) is 0 Å². The van der Waals surface area contributed by atoms with Crippen LogP contribution in [0.2, 0.25) is 0 Å². The Kier molecular flexibility index (Phi) is 4.37. The van der Waals surface area contributed by atoms with Crippen molar-refractivity contribution in [3.05, 3.63) is 48.0 Å². The molecule has 0 aliphatic rings. The zero-order valence-electron chi connectivity index (χ0n) is 11.9. The average molecular weight is 307 g/mol. The molecule has 0 fully saturated rings. The van der Waals surface area contributed by atoms with E-state index in [1.165, 1.54) is 19.2 Å². The highest BCUT2D eigenvalue weighted by Gasteiger charge is 2.20. The van der Waals surface area contributed by atoms with Crippen LogP contribution in [-0.4, -0.2) is 22.6 Å². The minimum Gasteiger partial charge on any atom is -0.497 e. The summed E-state index contributed by atoms with van der Waals surface area (Å²) in [6, 6.07) is 11.4. The van der Waals surface area contributed by atoms with Gasteiger partial charge in [0.2, 0.25) is 0 Å². The third kappa shape index (κ3) is 3.46. The number of benzene rings is 2. The Balaban J connectivity index is 2.33. The summed E-state index contributed by atoms with van der Waals surface area (Å²) < 4.78 is 35.1. The van der Waals surface area contributed by atoms with Gasteiger partial charge in [0.05, 0.1) is 20.0 Å². The van der Waals surface area contributed by atoms with Gasteiger partial charge in [-0.05, 0) is 29.8 Å². The number of nitrogen functional groups attached to an aromatic ring is 1. The molecule has 0 saturated carbocycles. The summed E-state index contributed by atoms with van der Waals surface area (Å²) in [6.45, 7) is 0. The minimum absolute atomic E-state index is 0.114. The first-order valence-corrected chi connectivity index (χ1v) is 7.90. The summed E-state index contributed by atoms with van der Waals surface area (Å²) in [5.41, 5.74) is 6.77.